The van der Waals surface area contributed by atoms with E-state index < -0.39 is 0 Å². The van der Waals surface area contributed by atoms with Crippen LogP contribution in [-0.4, -0.2) is 19.7 Å². The average Bonchev–Trinajstić information content (AvgIpc) is 2.49. The number of hydrogen-bond donors (Lipinski definition) is 1. The number of ether oxygens (including phenoxy) is 1. The molecule has 1 heterocycles. The first-order chi connectivity index (χ1) is 9.86. The first-order valence-electron chi connectivity index (χ1n) is 7.72. The van der Waals surface area contributed by atoms with Gasteiger partial charge in [0.2, 0.25) is 0 Å². The van der Waals surface area contributed by atoms with Crippen molar-refractivity contribution in [3.05, 3.63) is 42.0 Å². The van der Waals surface area contributed by atoms with E-state index >= 15 is 0 Å². The molecule has 0 saturated carbocycles. The van der Waals surface area contributed by atoms with E-state index in [1.165, 1.54) is 29.2 Å². The molecule has 20 heavy (non-hydrogen) atoms. The van der Waals surface area contributed by atoms with Crippen LogP contribution in [0.1, 0.15) is 25.3 Å². The van der Waals surface area contributed by atoms with Crippen LogP contribution in [0.25, 0.3) is 10.8 Å². The highest BCUT2D eigenvalue weighted by molar-refractivity contribution is 5.85. The lowest BCUT2D eigenvalue weighted by molar-refractivity contribution is 0.327. The Morgan fingerprint density at radius 3 is 2.50 bits per heavy atom. The van der Waals surface area contributed by atoms with Gasteiger partial charge in [0.1, 0.15) is 5.75 Å². The molecule has 0 bridgehead atoms. The van der Waals surface area contributed by atoms with Crippen LogP contribution in [0.2, 0.25) is 0 Å². The van der Waals surface area contributed by atoms with Crippen molar-refractivity contribution in [3.8, 4) is 5.75 Å². The van der Waals surface area contributed by atoms with E-state index in [0.717, 1.165) is 37.8 Å². The van der Waals surface area contributed by atoms with Crippen molar-refractivity contribution in [2.45, 2.75) is 26.2 Å². The Morgan fingerprint density at radius 1 is 1.10 bits per heavy atom. The van der Waals surface area contributed by atoms with E-state index in [4.69, 9.17) is 4.74 Å². The molecule has 3 rings (SSSR count). The van der Waals surface area contributed by atoms with Gasteiger partial charge in [-0.2, -0.15) is 0 Å². The normalized spacial score (nSPS) is 16.4. The van der Waals surface area contributed by atoms with Crippen molar-refractivity contribution >= 4 is 10.8 Å². The van der Waals surface area contributed by atoms with Crippen LogP contribution in [0.4, 0.5) is 0 Å². The SMILES string of the molecule is CCOc1cc2ccccc2cc1CC1CCNCC1. The number of fused-ring (bicyclic) bond motifs is 1. The van der Waals surface area contributed by atoms with Crippen LogP contribution in [0.5, 0.6) is 5.75 Å². The highest BCUT2D eigenvalue weighted by Crippen LogP contribution is 2.30. The summed E-state index contributed by atoms with van der Waals surface area (Å²) < 4.78 is 5.87. The molecular weight excluding hydrogens is 246 g/mol. The molecule has 1 fully saturated rings. The molecule has 2 heteroatoms. The topological polar surface area (TPSA) is 21.3 Å². The molecule has 1 aliphatic rings. The molecule has 0 radical (unpaired) electrons. The van der Waals surface area contributed by atoms with Crippen LogP contribution in [0, 0.1) is 5.92 Å². The molecular formula is C18H23NO. The summed E-state index contributed by atoms with van der Waals surface area (Å²) in [5, 5.41) is 6.03. The lowest BCUT2D eigenvalue weighted by Crippen LogP contribution is -2.28. The Bertz CT molecular complexity index is 573. The summed E-state index contributed by atoms with van der Waals surface area (Å²) in [6, 6.07) is 13.1. The Labute approximate surface area is 121 Å². The Hall–Kier alpha value is -1.54. The summed E-state index contributed by atoms with van der Waals surface area (Å²) >= 11 is 0. The number of nitrogens with one attached hydrogen (secondary N) is 1. The molecule has 0 atom stereocenters. The smallest absolute Gasteiger partial charge is 0.123 e. The Kier molecular flexibility index (Phi) is 4.22. The van der Waals surface area contributed by atoms with Crippen LogP contribution in [0.3, 0.4) is 0 Å². The summed E-state index contributed by atoms with van der Waals surface area (Å²) in [5.74, 6) is 1.86. The van der Waals surface area contributed by atoms with Gasteiger partial charge in [-0.3, -0.25) is 0 Å². The molecule has 1 N–H and O–H groups in total. The molecule has 0 unspecified atom stereocenters. The van der Waals surface area contributed by atoms with Gasteiger partial charge in [0, 0.05) is 0 Å². The molecule has 2 aromatic carbocycles. The molecule has 2 nitrogen and oxygen atoms in total. The number of rotatable bonds is 4. The van der Waals surface area contributed by atoms with Crippen LogP contribution >= 0.6 is 0 Å². The number of benzene rings is 2. The predicted molar refractivity (Wildman–Crippen MR) is 84.4 cm³/mol. The maximum Gasteiger partial charge on any atom is 0.123 e. The summed E-state index contributed by atoms with van der Waals surface area (Å²) in [6.45, 7) is 5.10. The van der Waals surface area contributed by atoms with Crippen molar-refractivity contribution in [2.24, 2.45) is 5.92 Å². The zero-order valence-electron chi connectivity index (χ0n) is 12.2. The molecule has 0 aliphatic carbocycles. The monoisotopic (exact) mass is 269 g/mol. The summed E-state index contributed by atoms with van der Waals surface area (Å²) in [6.07, 6.45) is 3.69. The Morgan fingerprint density at radius 2 is 1.80 bits per heavy atom. The van der Waals surface area contributed by atoms with Gasteiger partial charge in [-0.1, -0.05) is 24.3 Å². The fraction of sp³-hybridized carbons (Fsp3) is 0.444. The molecule has 106 valence electrons. The second-order valence-electron chi connectivity index (χ2n) is 5.64. The van der Waals surface area contributed by atoms with Crippen molar-refractivity contribution in [2.75, 3.05) is 19.7 Å². The fourth-order valence-electron chi connectivity index (χ4n) is 3.11. The highest BCUT2D eigenvalue weighted by atomic mass is 16.5. The highest BCUT2D eigenvalue weighted by Gasteiger charge is 2.16. The molecule has 0 spiro atoms. The largest absolute Gasteiger partial charge is 0.494 e. The van der Waals surface area contributed by atoms with Crippen LogP contribution in [0.15, 0.2) is 36.4 Å². The standard InChI is InChI=1S/C18H23NO/c1-2-20-18-13-16-6-4-3-5-15(16)12-17(18)11-14-7-9-19-10-8-14/h3-6,12-14,19H,2,7-11H2,1H3. The van der Waals surface area contributed by atoms with Crippen molar-refractivity contribution in [1.29, 1.82) is 0 Å². The fourth-order valence-corrected chi connectivity index (χ4v) is 3.11. The maximum absolute atomic E-state index is 5.87. The number of hydrogen-bond acceptors (Lipinski definition) is 2. The number of piperidine rings is 1. The third kappa shape index (κ3) is 2.96. The van der Waals surface area contributed by atoms with Crippen molar-refractivity contribution in [3.63, 3.8) is 0 Å². The van der Waals surface area contributed by atoms with Gasteiger partial charge in [0.25, 0.3) is 0 Å². The summed E-state index contributed by atoms with van der Waals surface area (Å²) in [4.78, 5) is 0. The zero-order chi connectivity index (χ0) is 13.8. The molecule has 1 saturated heterocycles. The minimum atomic E-state index is 0.734. The van der Waals surface area contributed by atoms with Gasteiger partial charge in [0.05, 0.1) is 6.61 Å². The zero-order valence-corrected chi connectivity index (χ0v) is 12.2. The van der Waals surface area contributed by atoms with Crippen LogP contribution in [-0.2, 0) is 6.42 Å². The summed E-state index contributed by atoms with van der Waals surface area (Å²) in [7, 11) is 0. The maximum atomic E-state index is 5.87. The average molecular weight is 269 g/mol. The van der Waals surface area contributed by atoms with Crippen molar-refractivity contribution in [1.82, 2.24) is 5.32 Å². The van der Waals surface area contributed by atoms with E-state index in [-0.39, 0.29) is 0 Å². The lowest BCUT2D eigenvalue weighted by atomic mass is 9.89. The molecule has 0 amide bonds. The quantitative estimate of drug-likeness (QED) is 0.912. The van der Waals surface area contributed by atoms with Gasteiger partial charge in [0.15, 0.2) is 0 Å². The molecule has 1 aliphatic heterocycles. The van der Waals surface area contributed by atoms with Crippen molar-refractivity contribution < 1.29 is 4.74 Å². The third-order valence-electron chi connectivity index (χ3n) is 4.20. The molecule has 2 aromatic rings. The minimum absolute atomic E-state index is 0.734. The summed E-state index contributed by atoms with van der Waals surface area (Å²) in [5.41, 5.74) is 1.37. The third-order valence-corrected chi connectivity index (χ3v) is 4.20. The second kappa shape index (κ2) is 6.27. The van der Waals surface area contributed by atoms with Gasteiger partial charge in [-0.15, -0.1) is 0 Å². The van der Waals surface area contributed by atoms with E-state index in [1.807, 2.05) is 0 Å². The van der Waals surface area contributed by atoms with Gasteiger partial charge < -0.3 is 10.1 Å². The lowest BCUT2D eigenvalue weighted by Gasteiger charge is -2.23. The van der Waals surface area contributed by atoms with E-state index in [0.29, 0.717) is 0 Å². The first-order valence-corrected chi connectivity index (χ1v) is 7.72. The predicted octanol–water partition coefficient (Wildman–Crippen LogP) is 3.78. The van der Waals surface area contributed by atoms with E-state index in [9.17, 15) is 0 Å². The van der Waals surface area contributed by atoms with Crippen LogP contribution < -0.4 is 10.1 Å². The Balaban J connectivity index is 1.91. The molecule has 0 aromatic heterocycles. The minimum Gasteiger partial charge on any atom is -0.494 e. The van der Waals surface area contributed by atoms with E-state index in [1.54, 1.807) is 0 Å². The van der Waals surface area contributed by atoms with Gasteiger partial charge in [-0.25, -0.2) is 0 Å². The van der Waals surface area contributed by atoms with E-state index in [2.05, 4.69) is 48.6 Å². The first kappa shape index (κ1) is 13.4. The second-order valence-corrected chi connectivity index (χ2v) is 5.64. The van der Waals surface area contributed by atoms with Gasteiger partial charge in [-0.05, 0) is 73.7 Å². The van der Waals surface area contributed by atoms with Gasteiger partial charge >= 0.3 is 0 Å².